The smallest absolute Gasteiger partial charge is 0.368 e. The normalized spacial score (nSPS) is 24.0. The van der Waals surface area contributed by atoms with Gasteiger partial charge in [0.1, 0.15) is 5.75 Å². The average Bonchev–Trinajstić information content (AvgIpc) is 2.77. The highest BCUT2D eigenvalue weighted by Gasteiger charge is 2.61. The molecule has 6 heteroatoms. The van der Waals surface area contributed by atoms with Crippen LogP contribution in [-0.4, -0.2) is 30.1 Å². The second kappa shape index (κ2) is 5.78. The van der Waals surface area contributed by atoms with Gasteiger partial charge in [0.25, 0.3) is 0 Å². The molecule has 2 rings (SSSR count). The second-order valence-corrected chi connectivity index (χ2v) is 4.56. The molecule has 0 aromatic heterocycles. The molecule has 0 amide bonds. The third kappa shape index (κ3) is 2.65. The van der Waals surface area contributed by atoms with E-state index < -0.39 is 29.4 Å². The molecular weight excluding hydrogens is 276 g/mol. The van der Waals surface area contributed by atoms with Crippen molar-refractivity contribution in [2.75, 3.05) is 6.61 Å². The number of carbonyl (C=O) groups is 3. The summed E-state index contributed by atoms with van der Waals surface area (Å²) in [4.78, 5) is 35.8. The first-order chi connectivity index (χ1) is 10.0. The lowest BCUT2D eigenvalue weighted by Crippen LogP contribution is -2.53. The first kappa shape index (κ1) is 14.8. The molecule has 1 aromatic rings. The molecule has 0 aliphatic carbocycles. The third-order valence-corrected chi connectivity index (χ3v) is 3.15. The van der Waals surface area contributed by atoms with Gasteiger partial charge in [0.05, 0.1) is 12.5 Å². The van der Waals surface area contributed by atoms with E-state index in [4.69, 9.17) is 14.2 Å². The Bertz CT molecular complexity index is 579. The van der Waals surface area contributed by atoms with E-state index in [9.17, 15) is 14.4 Å². The number of esters is 3. The summed E-state index contributed by atoms with van der Waals surface area (Å²) in [5, 5.41) is 0. The van der Waals surface area contributed by atoms with E-state index in [2.05, 4.69) is 6.58 Å². The van der Waals surface area contributed by atoms with E-state index >= 15 is 0 Å². The number of para-hydroxylation sites is 1. The fraction of sp³-hybridized carbons (Fsp3) is 0.267. The van der Waals surface area contributed by atoms with Gasteiger partial charge < -0.3 is 14.2 Å². The molecule has 0 bridgehead atoms. The maximum Gasteiger partial charge on any atom is 0.368 e. The zero-order chi connectivity index (χ0) is 15.5. The van der Waals surface area contributed by atoms with Crippen molar-refractivity contribution in [2.45, 2.75) is 12.5 Å². The minimum absolute atomic E-state index is 0.0346. The van der Waals surface area contributed by atoms with Crippen LogP contribution >= 0.6 is 0 Å². The van der Waals surface area contributed by atoms with Crippen LogP contribution in [0.4, 0.5) is 0 Å². The van der Waals surface area contributed by atoms with Crippen LogP contribution in [0.25, 0.3) is 0 Å². The van der Waals surface area contributed by atoms with E-state index in [1.807, 2.05) is 0 Å². The fourth-order valence-electron chi connectivity index (χ4n) is 1.97. The van der Waals surface area contributed by atoms with Crippen LogP contribution in [-0.2, 0) is 23.9 Å². The molecule has 1 heterocycles. The van der Waals surface area contributed by atoms with Crippen LogP contribution in [0.1, 0.15) is 6.92 Å². The zero-order valence-corrected chi connectivity index (χ0v) is 11.4. The maximum atomic E-state index is 12.4. The van der Waals surface area contributed by atoms with Gasteiger partial charge in [-0.15, -0.1) is 0 Å². The van der Waals surface area contributed by atoms with E-state index in [0.29, 0.717) is 0 Å². The highest BCUT2D eigenvalue weighted by molar-refractivity contribution is 6.08. The number of hydrogen-bond acceptors (Lipinski definition) is 6. The molecule has 0 N–H and O–H groups in total. The molecule has 0 radical (unpaired) electrons. The van der Waals surface area contributed by atoms with Gasteiger partial charge in [-0.25, -0.2) is 14.4 Å². The van der Waals surface area contributed by atoms with Gasteiger partial charge in [-0.1, -0.05) is 31.7 Å². The topological polar surface area (TPSA) is 78.9 Å². The Kier molecular flexibility index (Phi) is 4.07. The summed E-state index contributed by atoms with van der Waals surface area (Å²) in [5.74, 6) is -3.25. The molecule has 2 atom stereocenters. The zero-order valence-electron chi connectivity index (χ0n) is 11.4. The maximum absolute atomic E-state index is 12.4. The van der Waals surface area contributed by atoms with Gasteiger partial charge in [-0.05, 0) is 12.1 Å². The Hall–Kier alpha value is -2.63. The molecule has 0 saturated carbocycles. The Labute approximate surface area is 121 Å². The highest BCUT2D eigenvalue weighted by Crippen LogP contribution is 2.33. The van der Waals surface area contributed by atoms with Gasteiger partial charge in [0.2, 0.25) is 0 Å². The summed E-state index contributed by atoms with van der Waals surface area (Å²) in [5.41, 5.74) is -2.10. The molecule has 1 aromatic carbocycles. The summed E-state index contributed by atoms with van der Waals surface area (Å²) in [6.07, 6.45) is 0.871. The molecule has 1 aliphatic rings. The monoisotopic (exact) mass is 290 g/mol. The number of benzene rings is 1. The SMILES string of the molecule is C=CC(=O)OC1(C(=O)Oc2ccccc2)C(=O)OCC1C. The van der Waals surface area contributed by atoms with E-state index in [0.717, 1.165) is 6.08 Å². The molecule has 0 spiro atoms. The minimum atomic E-state index is -2.10. The van der Waals surface area contributed by atoms with Crippen molar-refractivity contribution in [1.82, 2.24) is 0 Å². The van der Waals surface area contributed by atoms with Crippen molar-refractivity contribution in [3.8, 4) is 5.75 Å². The Morgan fingerprint density at radius 2 is 2.05 bits per heavy atom. The lowest BCUT2D eigenvalue weighted by Gasteiger charge is -2.25. The first-order valence-electron chi connectivity index (χ1n) is 6.30. The average molecular weight is 290 g/mol. The summed E-state index contributed by atoms with van der Waals surface area (Å²) < 4.78 is 15.0. The lowest BCUT2D eigenvalue weighted by molar-refractivity contribution is -0.184. The molecule has 1 saturated heterocycles. The van der Waals surface area contributed by atoms with Crippen molar-refractivity contribution >= 4 is 17.9 Å². The van der Waals surface area contributed by atoms with Gasteiger partial charge >= 0.3 is 23.5 Å². The lowest BCUT2D eigenvalue weighted by atomic mass is 9.91. The second-order valence-electron chi connectivity index (χ2n) is 4.56. The Balaban J connectivity index is 2.31. The van der Waals surface area contributed by atoms with Crippen LogP contribution in [0.15, 0.2) is 43.0 Å². The predicted molar refractivity (Wildman–Crippen MR) is 71.2 cm³/mol. The van der Waals surface area contributed by atoms with Gasteiger partial charge in [-0.3, -0.25) is 0 Å². The number of rotatable bonds is 4. The Morgan fingerprint density at radius 1 is 1.38 bits per heavy atom. The number of ether oxygens (including phenoxy) is 3. The molecule has 2 unspecified atom stereocenters. The van der Waals surface area contributed by atoms with E-state index in [-0.39, 0.29) is 12.4 Å². The summed E-state index contributed by atoms with van der Waals surface area (Å²) >= 11 is 0. The van der Waals surface area contributed by atoms with Crippen molar-refractivity contribution in [1.29, 1.82) is 0 Å². The molecular formula is C15H14O6. The van der Waals surface area contributed by atoms with Crippen molar-refractivity contribution in [3.05, 3.63) is 43.0 Å². The van der Waals surface area contributed by atoms with Crippen LogP contribution in [0, 0.1) is 5.92 Å². The molecule has 1 aliphatic heterocycles. The Morgan fingerprint density at radius 3 is 2.57 bits per heavy atom. The molecule has 21 heavy (non-hydrogen) atoms. The molecule has 1 fully saturated rings. The summed E-state index contributed by atoms with van der Waals surface area (Å²) in [7, 11) is 0. The molecule has 110 valence electrons. The van der Waals surface area contributed by atoms with Gasteiger partial charge in [0, 0.05) is 6.08 Å². The third-order valence-electron chi connectivity index (χ3n) is 3.15. The van der Waals surface area contributed by atoms with Gasteiger partial charge in [0.15, 0.2) is 0 Å². The van der Waals surface area contributed by atoms with E-state index in [1.165, 1.54) is 0 Å². The van der Waals surface area contributed by atoms with Crippen molar-refractivity contribution in [2.24, 2.45) is 5.92 Å². The number of carbonyl (C=O) groups excluding carboxylic acids is 3. The fourth-order valence-corrected chi connectivity index (χ4v) is 1.97. The molecule has 6 nitrogen and oxygen atoms in total. The number of hydrogen-bond donors (Lipinski definition) is 0. The highest BCUT2D eigenvalue weighted by atomic mass is 16.6. The van der Waals surface area contributed by atoms with Crippen molar-refractivity contribution in [3.63, 3.8) is 0 Å². The summed E-state index contributed by atoms with van der Waals surface area (Å²) in [6, 6.07) is 8.18. The number of cyclic esters (lactones) is 1. The standard InChI is InChI=1S/C15H14O6/c1-3-12(16)21-15(10(2)9-19-13(15)17)14(18)20-11-7-5-4-6-8-11/h3-8,10H,1,9H2,2H3. The van der Waals surface area contributed by atoms with Crippen LogP contribution in [0.2, 0.25) is 0 Å². The minimum Gasteiger partial charge on any atom is -0.462 e. The van der Waals surface area contributed by atoms with E-state index in [1.54, 1.807) is 37.3 Å². The van der Waals surface area contributed by atoms with Crippen LogP contribution in [0.3, 0.4) is 0 Å². The first-order valence-corrected chi connectivity index (χ1v) is 6.30. The van der Waals surface area contributed by atoms with Gasteiger partial charge in [-0.2, -0.15) is 0 Å². The van der Waals surface area contributed by atoms with Crippen molar-refractivity contribution < 1.29 is 28.6 Å². The largest absolute Gasteiger partial charge is 0.462 e. The quantitative estimate of drug-likeness (QED) is 0.359. The predicted octanol–water partition coefficient (Wildman–Crippen LogP) is 1.25. The van der Waals surface area contributed by atoms with Crippen LogP contribution in [0.5, 0.6) is 5.75 Å². The van der Waals surface area contributed by atoms with Crippen LogP contribution < -0.4 is 4.74 Å². The summed E-state index contributed by atoms with van der Waals surface area (Å²) in [6.45, 7) is 4.78.